The van der Waals surface area contributed by atoms with E-state index in [-0.39, 0.29) is 5.97 Å². The molecule has 0 saturated carbocycles. The number of ether oxygens (including phenoxy) is 1. The number of carbonyl (C=O) groups excluding carboxylic acids is 1. The van der Waals surface area contributed by atoms with Crippen LogP contribution in [-0.4, -0.2) is 24.6 Å². The standard InChI is InChI=1S/C21H20N2O2/c1-14-16-8-4-5-9-17(16)22-18(20(14)21(24)25-2)13-23-12-11-15-7-3-6-10-19(15)23/h3-10H,11-13H2,1-2H3. The minimum absolute atomic E-state index is 0.321. The minimum Gasteiger partial charge on any atom is -0.465 e. The molecule has 1 aromatic heterocycles. The Labute approximate surface area is 147 Å². The van der Waals surface area contributed by atoms with Crippen LogP contribution >= 0.6 is 0 Å². The molecule has 0 spiro atoms. The van der Waals surface area contributed by atoms with Crippen molar-refractivity contribution in [2.24, 2.45) is 0 Å². The fraction of sp³-hybridized carbons (Fsp3) is 0.238. The second kappa shape index (κ2) is 6.20. The van der Waals surface area contributed by atoms with Crippen molar-refractivity contribution in [3.05, 3.63) is 70.9 Å². The summed E-state index contributed by atoms with van der Waals surface area (Å²) in [5.74, 6) is -0.321. The Morgan fingerprint density at radius 1 is 1.16 bits per heavy atom. The topological polar surface area (TPSA) is 42.4 Å². The Kier molecular flexibility index (Phi) is 3.88. The fourth-order valence-electron chi connectivity index (χ4n) is 3.68. The number of aromatic nitrogens is 1. The van der Waals surface area contributed by atoms with E-state index in [4.69, 9.17) is 9.72 Å². The number of hydrogen-bond donors (Lipinski definition) is 0. The largest absolute Gasteiger partial charge is 0.465 e. The van der Waals surface area contributed by atoms with Gasteiger partial charge in [0.15, 0.2) is 0 Å². The normalized spacial score (nSPS) is 13.1. The number of hydrogen-bond acceptors (Lipinski definition) is 4. The summed E-state index contributed by atoms with van der Waals surface area (Å²) in [6.45, 7) is 3.51. The van der Waals surface area contributed by atoms with E-state index in [2.05, 4.69) is 29.2 Å². The van der Waals surface area contributed by atoms with Crippen LogP contribution in [0.2, 0.25) is 0 Å². The quantitative estimate of drug-likeness (QED) is 0.682. The van der Waals surface area contributed by atoms with Crippen LogP contribution in [0.5, 0.6) is 0 Å². The number of esters is 1. The second-order valence-electron chi connectivity index (χ2n) is 6.37. The van der Waals surface area contributed by atoms with Crippen LogP contribution in [0.3, 0.4) is 0 Å². The summed E-state index contributed by atoms with van der Waals surface area (Å²) < 4.78 is 5.04. The number of fused-ring (bicyclic) bond motifs is 2. The zero-order valence-electron chi connectivity index (χ0n) is 14.5. The van der Waals surface area contributed by atoms with Gasteiger partial charge in [-0.2, -0.15) is 0 Å². The molecule has 0 saturated heterocycles. The van der Waals surface area contributed by atoms with E-state index in [0.29, 0.717) is 12.1 Å². The lowest BCUT2D eigenvalue weighted by molar-refractivity contribution is 0.0598. The van der Waals surface area contributed by atoms with Crippen molar-refractivity contribution in [2.75, 3.05) is 18.6 Å². The van der Waals surface area contributed by atoms with E-state index in [1.54, 1.807) is 0 Å². The second-order valence-corrected chi connectivity index (χ2v) is 6.37. The molecule has 0 amide bonds. The number of pyridine rings is 1. The third-order valence-corrected chi connectivity index (χ3v) is 4.94. The molecule has 2 aromatic carbocycles. The summed E-state index contributed by atoms with van der Waals surface area (Å²) in [4.78, 5) is 19.5. The Morgan fingerprint density at radius 2 is 1.92 bits per heavy atom. The molecule has 0 unspecified atom stereocenters. The summed E-state index contributed by atoms with van der Waals surface area (Å²) in [5, 5.41) is 0.994. The number of benzene rings is 2. The molecule has 126 valence electrons. The maximum absolute atomic E-state index is 12.4. The molecule has 0 aliphatic carbocycles. The van der Waals surface area contributed by atoms with Crippen LogP contribution in [-0.2, 0) is 17.7 Å². The van der Waals surface area contributed by atoms with Gasteiger partial charge in [-0.25, -0.2) is 4.79 Å². The molecule has 0 bridgehead atoms. The van der Waals surface area contributed by atoms with E-state index in [1.165, 1.54) is 18.4 Å². The first-order valence-corrected chi connectivity index (χ1v) is 8.48. The average Bonchev–Trinajstić information content (AvgIpc) is 3.04. The zero-order chi connectivity index (χ0) is 17.4. The number of nitrogens with zero attached hydrogens (tertiary/aromatic N) is 2. The maximum atomic E-state index is 12.4. The first-order valence-electron chi connectivity index (χ1n) is 8.48. The first kappa shape index (κ1) is 15.6. The van der Waals surface area contributed by atoms with Gasteiger partial charge in [0.2, 0.25) is 0 Å². The van der Waals surface area contributed by atoms with Crippen LogP contribution in [0.25, 0.3) is 10.9 Å². The van der Waals surface area contributed by atoms with Gasteiger partial charge in [-0.3, -0.25) is 4.98 Å². The van der Waals surface area contributed by atoms with Crippen LogP contribution in [0.4, 0.5) is 5.69 Å². The number of methoxy groups -OCH3 is 1. The highest BCUT2D eigenvalue weighted by Gasteiger charge is 2.24. The summed E-state index contributed by atoms with van der Waals surface area (Å²) in [7, 11) is 1.42. The lowest BCUT2D eigenvalue weighted by Crippen LogP contribution is -2.23. The Morgan fingerprint density at radius 3 is 2.76 bits per heavy atom. The zero-order valence-corrected chi connectivity index (χ0v) is 14.5. The van der Waals surface area contributed by atoms with Crippen molar-refractivity contribution < 1.29 is 9.53 Å². The van der Waals surface area contributed by atoms with Crippen LogP contribution in [0.1, 0.15) is 27.2 Å². The van der Waals surface area contributed by atoms with Crippen molar-refractivity contribution in [3.8, 4) is 0 Å². The van der Waals surface area contributed by atoms with Gasteiger partial charge in [-0.15, -0.1) is 0 Å². The third-order valence-electron chi connectivity index (χ3n) is 4.94. The van der Waals surface area contributed by atoms with Gasteiger partial charge in [-0.05, 0) is 36.6 Å². The highest BCUT2D eigenvalue weighted by Crippen LogP contribution is 2.31. The maximum Gasteiger partial charge on any atom is 0.340 e. The number of rotatable bonds is 3. The van der Waals surface area contributed by atoms with Gasteiger partial charge in [0.25, 0.3) is 0 Å². The lowest BCUT2D eigenvalue weighted by Gasteiger charge is -2.21. The smallest absolute Gasteiger partial charge is 0.340 e. The van der Waals surface area contributed by atoms with Crippen molar-refractivity contribution in [1.82, 2.24) is 4.98 Å². The van der Waals surface area contributed by atoms with E-state index in [1.807, 2.05) is 31.2 Å². The van der Waals surface area contributed by atoms with E-state index in [0.717, 1.165) is 35.1 Å². The number of anilines is 1. The Bertz CT molecular complexity index is 965. The summed E-state index contributed by atoms with van der Waals surface area (Å²) in [5.41, 5.74) is 5.78. The van der Waals surface area contributed by atoms with Crippen molar-refractivity contribution >= 4 is 22.6 Å². The molecule has 4 rings (SSSR count). The van der Waals surface area contributed by atoms with Gasteiger partial charge in [0.1, 0.15) is 0 Å². The van der Waals surface area contributed by atoms with Gasteiger partial charge in [0, 0.05) is 17.6 Å². The molecule has 2 heterocycles. The summed E-state index contributed by atoms with van der Waals surface area (Å²) in [6, 6.07) is 16.3. The summed E-state index contributed by atoms with van der Waals surface area (Å²) >= 11 is 0. The molecule has 0 atom stereocenters. The first-order chi connectivity index (χ1) is 12.2. The molecular weight excluding hydrogens is 312 g/mol. The van der Waals surface area contributed by atoms with Gasteiger partial charge in [-0.1, -0.05) is 36.4 Å². The van der Waals surface area contributed by atoms with Gasteiger partial charge >= 0.3 is 5.97 Å². The van der Waals surface area contributed by atoms with E-state index in [9.17, 15) is 4.79 Å². The van der Waals surface area contributed by atoms with Crippen LogP contribution in [0.15, 0.2) is 48.5 Å². The van der Waals surface area contributed by atoms with E-state index >= 15 is 0 Å². The third kappa shape index (κ3) is 2.64. The highest BCUT2D eigenvalue weighted by atomic mass is 16.5. The molecule has 4 nitrogen and oxygen atoms in total. The molecule has 3 aromatic rings. The predicted molar refractivity (Wildman–Crippen MR) is 99.0 cm³/mol. The van der Waals surface area contributed by atoms with Crippen LogP contribution in [0, 0.1) is 6.92 Å². The Hall–Kier alpha value is -2.88. The molecule has 0 radical (unpaired) electrons. The van der Waals surface area contributed by atoms with Crippen molar-refractivity contribution in [1.29, 1.82) is 0 Å². The minimum atomic E-state index is -0.321. The average molecular weight is 332 g/mol. The fourth-order valence-corrected chi connectivity index (χ4v) is 3.68. The monoisotopic (exact) mass is 332 g/mol. The molecule has 25 heavy (non-hydrogen) atoms. The van der Waals surface area contributed by atoms with Gasteiger partial charge < -0.3 is 9.64 Å². The molecule has 4 heteroatoms. The molecule has 1 aliphatic rings. The number of carbonyl (C=O) groups is 1. The predicted octanol–water partition coefficient (Wildman–Crippen LogP) is 3.89. The molecule has 0 N–H and O–H groups in total. The summed E-state index contributed by atoms with van der Waals surface area (Å²) in [6.07, 6.45) is 1.02. The number of para-hydroxylation sites is 2. The molecule has 1 aliphatic heterocycles. The van der Waals surface area contributed by atoms with Crippen molar-refractivity contribution in [3.63, 3.8) is 0 Å². The molecular formula is C21H20N2O2. The lowest BCUT2D eigenvalue weighted by atomic mass is 10.0. The van der Waals surface area contributed by atoms with Crippen molar-refractivity contribution in [2.45, 2.75) is 19.9 Å². The molecule has 0 fully saturated rings. The SMILES string of the molecule is COC(=O)c1c(CN2CCc3ccccc32)nc2ccccc2c1C. The van der Waals surface area contributed by atoms with E-state index < -0.39 is 0 Å². The highest BCUT2D eigenvalue weighted by molar-refractivity contribution is 5.98. The van der Waals surface area contributed by atoms with Gasteiger partial charge in [0.05, 0.1) is 30.4 Å². The number of aryl methyl sites for hydroxylation is 1. The van der Waals surface area contributed by atoms with Crippen LogP contribution < -0.4 is 4.90 Å². The Balaban J connectivity index is 1.82.